The maximum atomic E-state index is 9.70. The van der Waals surface area contributed by atoms with Gasteiger partial charge >= 0.3 is 0 Å². The number of aliphatic hydroxyl groups excluding tert-OH is 1. The van der Waals surface area contributed by atoms with Gasteiger partial charge in [0, 0.05) is 18.2 Å². The van der Waals surface area contributed by atoms with Crippen molar-refractivity contribution in [2.24, 2.45) is 0 Å². The van der Waals surface area contributed by atoms with Crippen LogP contribution in [0, 0.1) is 0 Å². The normalized spacial score (nSPS) is 36.8. The molecule has 1 aliphatic heterocycles. The molecule has 2 rings (SSSR count). The zero-order valence-electron chi connectivity index (χ0n) is 10.4. The molecule has 0 aromatic heterocycles. The fourth-order valence-corrected chi connectivity index (χ4v) is 3.10. The van der Waals surface area contributed by atoms with Gasteiger partial charge in [0.15, 0.2) is 0 Å². The van der Waals surface area contributed by atoms with E-state index in [1.807, 2.05) is 0 Å². The monoisotopic (exact) mass is 227 g/mol. The van der Waals surface area contributed by atoms with E-state index in [0.717, 1.165) is 25.9 Å². The molecule has 1 saturated heterocycles. The highest BCUT2D eigenvalue weighted by atomic mass is 16.5. The van der Waals surface area contributed by atoms with Crippen LogP contribution < -0.4 is 5.32 Å². The number of aliphatic hydroxyl groups is 1. The van der Waals surface area contributed by atoms with Crippen LogP contribution in [-0.4, -0.2) is 36.0 Å². The van der Waals surface area contributed by atoms with Gasteiger partial charge in [0.05, 0.1) is 12.7 Å². The highest BCUT2D eigenvalue weighted by molar-refractivity contribution is 4.95. The number of rotatable bonds is 4. The van der Waals surface area contributed by atoms with Crippen LogP contribution in [0.25, 0.3) is 0 Å². The zero-order chi connectivity index (χ0) is 11.4. The van der Waals surface area contributed by atoms with E-state index >= 15 is 0 Å². The molecule has 94 valence electrons. The standard InChI is InChI=1S/C13H25NO2/c1-2-12-9-13(10-15,7-8-16-12)14-11-5-3-4-6-11/h11-12,14-15H,2-10H2,1H3. The van der Waals surface area contributed by atoms with E-state index in [2.05, 4.69) is 12.2 Å². The molecular weight excluding hydrogens is 202 g/mol. The molecule has 2 fully saturated rings. The molecule has 16 heavy (non-hydrogen) atoms. The predicted octanol–water partition coefficient (Wildman–Crippen LogP) is 1.84. The highest BCUT2D eigenvalue weighted by Gasteiger charge is 2.37. The van der Waals surface area contributed by atoms with Gasteiger partial charge in [0.25, 0.3) is 0 Å². The van der Waals surface area contributed by atoms with Crippen molar-refractivity contribution in [2.75, 3.05) is 13.2 Å². The zero-order valence-corrected chi connectivity index (χ0v) is 10.4. The van der Waals surface area contributed by atoms with Crippen LogP contribution in [0.4, 0.5) is 0 Å². The van der Waals surface area contributed by atoms with E-state index in [9.17, 15) is 5.11 Å². The van der Waals surface area contributed by atoms with E-state index < -0.39 is 0 Å². The maximum Gasteiger partial charge on any atom is 0.0615 e. The summed E-state index contributed by atoms with van der Waals surface area (Å²) in [5.74, 6) is 0. The Kier molecular flexibility index (Phi) is 4.22. The first-order chi connectivity index (χ1) is 7.78. The lowest BCUT2D eigenvalue weighted by Crippen LogP contribution is -2.57. The average Bonchev–Trinajstić information content (AvgIpc) is 2.82. The molecule has 3 nitrogen and oxygen atoms in total. The third-order valence-corrected chi connectivity index (χ3v) is 4.18. The van der Waals surface area contributed by atoms with Gasteiger partial charge in [0.1, 0.15) is 0 Å². The van der Waals surface area contributed by atoms with E-state index in [-0.39, 0.29) is 12.1 Å². The third kappa shape index (κ3) is 2.76. The van der Waals surface area contributed by atoms with Gasteiger partial charge < -0.3 is 15.2 Å². The summed E-state index contributed by atoms with van der Waals surface area (Å²) < 4.78 is 5.70. The molecule has 0 bridgehead atoms. The van der Waals surface area contributed by atoms with Crippen molar-refractivity contribution in [1.29, 1.82) is 0 Å². The van der Waals surface area contributed by atoms with Crippen molar-refractivity contribution in [3.05, 3.63) is 0 Å². The van der Waals surface area contributed by atoms with Crippen LogP contribution in [0.1, 0.15) is 51.9 Å². The van der Waals surface area contributed by atoms with Gasteiger partial charge in [-0.15, -0.1) is 0 Å². The Balaban J connectivity index is 1.94. The lowest BCUT2D eigenvalue weighted by Gasteiger charge is -2.42. The molecule has 2 atom stereocenters. The quantitative estimate of drug-likeness (QED) is 0.770. The molecular formula is C13H25NO2. The van der Waals surface area contributed by atoms with Crippen LogP contribution in [0.2, 0.25) is 0 Å². The van der Waals surface area contributed by atoms with Gasteiger partial charge in [-0.1, -0.05) is 19.8 Å². The molecule has 2 aliphatic rings. The molecule has 1 aliphatic carbocycles. The average molecular weight is 227 g/mol. The van der Waals surface area contributed by atoms with Gasteiger partial charge in [0.2, 0.25) is 0 Å². The Morgan fingerprint density at radius 3 is 2.75 bits per heavy atom. The Bertz CT molecular complexity index is 216. The largest absolute Gasteiger partial charge is 0.394 e. The van der Waals surface area contributed by atoms with Crippen LogP contribution >= 0.6 is 0 Å². The fourth-order valence-electron chi connectivity index (χ4n) is 3.10. The number of hydrogen-bond donors (Lipinski definition) is 2. The molecule has 1 saturated carbocycles. The summed E-state index contributed by atoms with van der Waals surface area (Å²) in [7, 11) is 0. The third-order valence-electron chi connectivity index (χ3n) is 4.18. The van der Waals surface area contributed by atoms with Gasteiger partial charge in [-0.3, -0.25) is 0 Å². The van der Waals surface area contributed by atoms with E-state index in [1.54, 1.807) is 0 Å². The molecule has 1 heterocycles. The van der Waals surface area contributed by atoms with Crippen molar-refractivity contribution in [1.82, 2.24) is 5.32 Å². The van der Waals surface area contributed by atoms with E-state index in [1.165, 1.54) is 25.7 Å². The number of hydrogen-bond acceptors (Lipinski definition) is 3. The first-order valence-electron chi connectivity index (χ1n) is 6.78. The SMILES string of the molecule is CCC1CC(CO)(NC2CCCC2)CCO1. The lowest BCUT2D eigenvalue weighted by molar-refractivity contribution is -0.0491. The second-order valence-corrected chi connectivity index (χ2v) is 5.42. The second-order valence-electron chi connectivity index (χ2n) is 5.42. The second kappa shape index (κ2) is 5.48. The molecule has 0 aromatic rings. The lowest BCUT2D eigenvalue weighted by atomic mass is 9.85. The Hall–Kier alpha value is -0.120. The minimum absolute atomic E-state index is 0.0616. The van der Waals surface area contributed by atoms with Crippen molar-refractivity contribution in [2.45, 2.75) is 69.6 Å². The molecule has 2 unspecified atom stereocenters. The number of ether oxygens (including phenoxy) is 1. The summed E-state index contributed by atoms with van der Waals surface area (Å²) in [5.41, 5.74) is -0.0616. The topological polar surface area (TPSA) is 41.5 Å². The first-order valence-corrected chi connectivity index (χ1v) is 6.78. The Morgan fingerprint density at radius 2 is 2.12 bits per heavy atom. The minimum atomic E-state index is -0.0616. The van der Waals surface area contributed by atoms with Crippen molar-refractivity contribution >= 4 is 0 Å². The summed E-state index contributed by atoms with van der Waals surface area (Å²) >= 11 is 0. The van der Waals surface area contributed by atoms with Crippen LogP contribution in [0.15, 0.2) is 0 Å². The van der Waals surface area contributed by atoms with Crippen LogP contribution in [0.5, 0.6) is 0 Å². The van der Waals surface area contributed by atoms with Gasteiger partial charge in [-0.25, -0.2) is 0 Å². The summed E-state index contributed by atoms with van der Waals surface area (Å²) in [6.45, 7) is 3.20. The summed E-state index contributed by atoms with van der Waals surface area (Å²) in [6, 6.07) is 0.628. The van der Waals surface area contributed by atoms with Crippen molar-refractivity contribution in [3.63, 3.8) is 0 Å². The summed E-state index contributed by atoms with van der Waals surface area (Å²) in [4.78, 5) is 0. The fraction of sp³-hybridized carbons (Fsp3) is 1.00. The molecule has 0 radical (unpaired) electrons. The maximum absolute atomic E-state index is 9.70. The van der Waals surface area contributed by atoms with Crippen molar-refractivity contribution < 1.29 is 9.84 Å². The predicted molar refractivity (Wildman–Crippen MR) is 64.5 cm³/mol. The van der Waals surface area contributed by atoms with E-state index in [4.69, 9.17) is 4.74 Å². The Labute approximate surface area is 98.6 Å². The van der Waals surface area contributed by atoms with Crippen molar-refractivity contribution in [3.8, 4) is 0 Å². The molecule has 0 aromatic carbocycles. The molecule has 2 N–H and O–H groups in total. The first kappa shape index (κ1) is 12.3. The molecule has 0 spiro atoms. The number of nitrogens with one attached hydrogen (secondary N) is 1. The smallest absolute Gasteiger partial charge is 0.0615 e. The molecule has 3 heteroatoms. The van der Waals surface area contributed by atoms with Crippen LogP contribution in [0.3, 0.4) is 0 Å². The Morgan fingerprint density at radius 1 is 1.38 bits per heavy atom. The van der Waals surface area contributed by atoms with Gasteiger partial charge in [-0.05, 0) is 32.1 Å². The minimum Gasteiger partial charge on any atom is -0.394 e. The van der Waals surface area contributed by atoms with E-state index in [0.29, 0.717) is 12.1 Å². The molecule has 0 amide bonds. The van der Waals surface area contributed by atoms with Gasteiger partial charge in [-0.2, -0.15) is 0 Å². The highest BCUT2D eigenvalue weighted by Crippen LogP contribution is 2.29. The summed E-state index contributed by atoms with van der Waals surface area (Å²) in [6.07, 6.45) is 8.54. The van der Waals surface area contributed by atoms with Crippen LogP contribution in [-0.2, 0) is 4.74 Å². The summed E-state index contributed by atoms with van der Waals surface area (Å²) in [5, 5.41) is 13.4.